The highest BCUT2D eigenvalue weighted by atomic mass is 16.5. The van der Waals surface area contributed by atoms with Crippen molar-refractivity contribution in [3.63, 3.8) is 0 Å². The monoisotopic (exact) mass is 241 g/mol. The lowest BCUT2D eigenvalue weighted by molar-refractivity contribution is 0.319. The Bertz CT molecular complexity index is 581. The summed E-state index contributed by atoms with van der Waals surface area (Å²) in [6.45, 7) is 2.56. The maximum atomic E-state index is 8.84. The van der Waals surface area contributed by atoms with Crippen LogP contribution in [-0.2, 0) is 13.5 Å². The maximum Gasteiger partial charge on any atom is 0.123 e. The Balaban J connectivity index is 1.96. The molecule has 0 unspecified atom stereocenters. The maximum absolute atomic E-state index is 8.84. The van der Waals surface area contributed by atoms with Crippen molar-refractivity contribution in [2.75, 3.05) is 6.61 Å². The molecule has 92 valence electrons. The van der Waals surface area contributed by atoms with Gasteiger partial charge in [-0.05, 0) is 30.2 Å². The van der Waals surface area contributed by atoms with Crippen molar-refractivity contribution in [3.8, 4) is 11.8 Å². The zero-order chi connectivity index (χ0) is 13.0. The smallest absolute Gasteiger partial charge is 0.123 e. The first-order valence-electron chi connectivity index (χ1n) is 5.80. The molecule has 0 atom stereocenters. The van der Waals surface area contributed by atoms with Crippen LogP contribution < -0.4 is 4.74 Å². The molecule has 1 heterocycles. The lowest BCUT2D eigenvalue weighted by atomic mass is 10.1. The van der Waals surface area contributed by atoms with Crippen LogP contribution >= 0.6 is 0 Å². The molecule has 0 amide bonds. The second-order valence-electron chi connectivity index (χ2n) is 4.21. The normalized spacial score (nSPS) is 10.1. The van der Waals surface area contributed by atoms with Crippen molar-refractivity contribution in [1.29, 1.82) is 5.26 Å². The number of benzene rings is 1. The highest BCUT2D eigenvalue weighted by Gasteiger charge is 2.02. The van der Waals surface area contributed by atoms with Crippen LogP contribution in [0.4, 0.5) is 0 Å². The SMILES string of the molecule is Cc1ccc(C#N)cc1OCCc1cnn(C)c1. The molecule has 4 heteroatoms. The standard InChI is InChI=1S/C14H15N3O/c1-11-3-4-12(8-15)7-14(11)18-6-5-13-9-16-17(2)10-13/h3-4,7,9-10H,5-6H2,1-2H3. The Labute approximate surface area is 106 Å². The van der Waals surface area contributed by atoms with Crippen molar-refractivity contribution in [3.05, 3.63) is 47.3 Å². The van der Waals surface area contributed by atoms with E-state index in [0.29, 0.717) is 12.2 Å². The molecule has 1 aromatic heterocycles. The lowest BCUT2D eigenvalue weighted by Crippen LogP contribution is -2.02. The first-order chi connectivity index (χ1) is 8.69. The molecule has 0 bridgehead atoms. The number of hydrogen-bond donors (Lipinski definition) is 0. The zero-order valence-electron chi connectivity index (χ0n) is 10.6. The van der Waals surface area contributed by atoms with E-state index in [2.05, 4.69) is 11.2 Å². The van der Waals surface area contributed by atoms with Crippen molar-refractivity contribution in [2.45, 2.75) is 13.3 Å². The summed E-state index contributed by atoms with van der Waals surface area (Å²) in [5.74, 6) is 0.776. The molecular formula is C14H15N3O. The van der Waals surface area contributed by atoms with Crippen LogP contribution in [0.15, 0.2) is 30.6 Å². The molecule has 0 aliphatic carbocycles. The van der Waals surface area contributed by atoms with E-state index >= 15 is 0 Å². The third-order valence-electron chi connectivity index (χ3n) is 2.72. The van der Waals surface area contributed by atoms with Crippen LogP contribution in [0.25, 0.3) is 0 Å². The van der Waals surface area contributed by atoms with E-state index in [1.54, 1.807) is 16.8 Å². The number of rotatable bonds is 4. The molecule has 0 saturated carbocycles. The molecule has 1 aromatic carbocycles. The predicted octanol–water partition coefficient (Wildman–Crippen LogP) is 2.22. The Kier molecular flexibility index (Phi) is 3.63. The molecule has 0 radical (unpaired) electrons. The van der Waals surface area contributed by atoms with Crippen LogP contribution in [0.5, 0.6) is 5.75 Å². The summed E-state index contributed by atoms with van der Waals surface area (Å²) in [4.78, 5) is 0. The van der Waals surface area contributed by atoms with Crippen molar-refractivity contribution in [1.82, 2.24) is 9.78 Å². The Morgan fingerprint density at radius 3 is 2.94 bits per heavy atom. The first kappa shape index (κ1) is 12.2. The quantitative estimate of drug-likeness (QED) is 0.824. The number of aromatic nitrogens is 2. The Morgan fingerprint density at radius 1 is 1.44 bits per heavy atom. The topological polar surface area (TPSA) is 50.8 Å². The van der Waals surface area contributed by atoms with Crippen LogP contribution in [0.2, 0.25) is 0 Å². The van der Waals surface area contributed by atoms with Gasteiger partial charge < -0.3 is 4.74 Å². The van der Waals surface area contributed by atoms with E-state index in [1.807, 2.05) is 32.4 Å². The summed E-state index contributed by atoms with van der Waals surface area (Å²) >= 11 is 0. The average molecular weight is 241 g/mol. The molecule has 2 aromatic rings. The second kappa shape index (κ2) is 5.37. The Morgan fingerprint density at radius 2 is 2.28 bits per heavy atom. The largest absolute Gasteiger partial charge is 0.493 e. The minimum absolute atomic E-state index is 0.585. The first-order valence-corrected chi connectivity index (χ1v) is 5.80. The minimum atomic E-state index is 0.585. The minimum Gasteiger partial charge on any atom is -0.493 e. The van der Waals surface area contributed by atoms with Gasteiger partial charge in [-0.15, -0.1) is 0 Å². The van der Waals surface area contributed by atoms with E-state index < -0.39 is 0 Å². The van der Waals surface area contributed by atoms with Gasteiger partial charge in [-0.25, -0.2) is 0 Å². The Hall–Kier alpha value is -2.28. The van der Waals surface area contributed by atoms with Gasteiger partial charge in [0.15, 0.2) is 0 Å². The van der Waals surface area contributed by atoms with E-state index in [9.17, 15) is 0 Å². The van der Waals surface area contributed by atoms with Crippen molar-refractivity contribution >= 4 is 0 Å². The molecule has 0 N–H and O–H groups in total. The number of aryl methyl sites for hydroxylation is 2. The van der Waals surface area contributed by atoms with Gasteiger partial charge in [-0.2, -0.15) is 10.4 Å². The number of nitriles is 1. The number of nitrogens with zero attached hydrogens (tertiary/aromatic N) is 3. The highest BCUT2D eigenvalue weighted by Crippen LogP contribution is 2.19. The predicted molar refractivity (Wildman–Crippen MR) is 68.3 cm³/mol. The van der Waals surface area contributed by atoms with Gasteiger partial charge in [-0.1, -0.05) is 6.07 Å². The summed E-state index contributed by atoms with van der Waals surface area (Å²) in [5, 5.41) is 12.9. The van der Waals surface area contributed by atoms with Gasteiger partial charge >= 0.3 is 0 Å². The van der Waals surface area contributed by atoms with E-state index in [4.69, 9.17) is 10.00 Å². The van der Waals surface area contributed by atoms with E-state index in [0.717, 1.165) is 23.3 Å². The van der Waals surface area contributed by atoms with E-state index in [-0.39, 0.29) is 0 Å². The summed E-state index contributed by atoms with van der Waals surface area (Å²) in [6, 6.07) is 7.58. The molecule has 0 aliphatic heterocycles. The molecule has 4 nitrogen and oxygen atoms in total. The lowest BCUT2D eigenvalue weighted by Gasteiger charge is -2.08. The second-order valence-corrected chi connectivity index (χ2v) is 4.21. The number of hydrogen-bond acceptors (Lipinski definition) is 3. The van der Waals surface area contributed by atoms with E-state index in [1.165, 1.54) is 0 Å². The van der Waals surface area contributed by atoms with Crippen LogP contribution in [0.3, 0.4) is 0 Å². The summed E-state index contributed by atoms with van der Waals surface area (Å²) in [5.41, 5.74) is 2.81. The highest BCUT2D eigenvalue weighted by molar-refractivity contribution is 5.41. The van der Waals surface area contributed by atoms with Gasteiger partial charge in [0.2, 0.25) is 0 Å². The summed E-state index contributed by atoms with van der Waals surface area (Å²) in [7, 11) is 1.89. The fraction of sp³-hybridized carbons (Fsp3) is 0.286. The van der Waals surface area contributed by atoms with Gasteiger partial charge in [0, 0.05) is 19.7 Å². The number of ether oxygens (including phenoxy) is 1. The third-order valence-corrected chi connectivity index (χ3v) is 2.72. The third kappa shape index (κ3) is 2.89. The van der Waals surface area contributed by atoms with Gasteiger partial charge in [-0.3, -0.25) is 4.68 Å². The van der Waals surface area contributed by atoms with Crippen molar-refractivity contribution < 1.29 is 4.74 Å². The van der Waals surface area contributed by atoms with Crippen LogP contribution in [0, 0.1) is 18.3 Å². The molecule has 0 aliphatic rings. The van der Waals surface area contributed by atoms with Gasteiger partial charge in [0.1, 0.15) is 5.75 Å². The molecule has 0 spiro atoms. The molecule has 18 heavy (non-hydrogen) atoms. The molecular weight excluding hydrogens is 226 g/mol. The van der Waals surface area contributed by atoms with Crippen LogP contribution in [0.1, 0.15) is 16.7 Å². The molecule has 2 rings (SSSR count). The zero-order valence-corrected chi connectivity index (χ0v) is 10.6. The van der Waals surface area contributed by atoms with Gasteiger partial charge in [0.25, 0.3) is 0 Å². The molecule has 0 fully saturated rings. The van der Waals surface area contributed by atoms with Gasteiger partial charge in [0.05, 0.1) is 24.4 Å². The fourth-order valence-corrected chi connectivity index (χ4v) is 1.70. The average Bonchev–Trinajstić information content (AvgIpc) is 2.77. The fourth-order valence-electron chi connectivity index (χ4n) is 1.70. The molecule has 0 saturated heterocycles. The summed E-state index contributed by atoms with van der Waals surface area (Å²) in [6.07, 6.45) is 4.62. The van der Waals surface area contributed by atoms with Crippen LogP contribution in [-0.4, -0.2) is 16.4 Å². The van der Waals surface area contributed by atoms with Crippen molar-refractivity contribution in [2.24, 2.45) is 7.05 Å². The summed E-state index contributed by atoms with van der Waals surface area (Å²) < 4.78 is 7.48.